The molecule has 2 N–H and O–H groups in total. The fraction of sp³-hybridized carbons (Fsp3) is 0.105. The molecular formula is C19H15N7O2. The number of aromatic amines is 1. The van der Waals surface area contributed by atoms with E-state index in [9.17, 15) is 4.79 Å². The highest BCUT2D eigenvalue weighted by atomic mass is 16.5. The molecule has 28 heavy (non-hydrogen) atoms. The van der Waals surface area contributed by atoms with E-state index in [1.807, 2.05) is 54.6 Å². The summed E-state index contributed by atoms with van der Waals surface area (Å²) in [5, 5.41) is 21.9. The van der Waals surface area contributed by atoms with Gasteiger partial charge in [-0.3, -0.25) is 4.79 Å². The van der Waals surface area contributed by atoms with E-state index in [1.54, 1.807) is 11.8 Å². The molecule has 9 nitrogen and oxygen atoms in total. The summed E-state index contributed by atoms with van der Waals surface area (Å²) in [5.74, 6) is 1.13. The molecule has 0 unspecified atom stereocenters. The number of H-pyrrole nitrogens is 1. The third-order valence-corrected chi connectivity index (χ3v) is 4.75. The minimum atomic E-state index is -0.419. The number of tetrazole rings is 1. The second-order valence-corrected chi connectivity index (χ2v) is 6.30. The van der Waals surface area contributed by atoms with Gasteiger partial charge in [0.1, 0.15) is 17.5 Å². The van der Waals surface area contributed by atoms with Gasteiger partial charge in [0.05, 0.1) is 12.8 Å². The molecule has 9 heteroatoms. The molecule has 3 heterocycles. The summed E-state index contributed by atoms with van der Waals surface area (Å²) in [4.78, 5) is 12.6. The van der Waals surface area contributed by atoms with Crippen LogP contribution in [0.3, 0.4) is 0 Å². The number of hydrogen-bond donors (Lipinski definition) is 2. The molecule has 0 saturated heterocycles. The summed E-state index contributed by atoms with van der Waals surface area (Å²) in [5.41, 5.74) is 3.21. The minimum Gasteiger partial charge on any atom is -0.497 e. The number of anilines is 2. The standard InChI is InChI=1S/C19H15N7O2/c1-28-13-9-7-12(8-10-13)17-14-15(11-5-3-2-4-6-11)21-22-18(27)16(14)20-19-23-24-25-26(17)19/h2-10,17H,1H3,(H,22,27)(H,20,23,25)/t17-/m0/s1. The number of rotatable bonds is 3. The number of fused-ring (bicyclic) bond motifs is 2. The number of methoxy groups -OCH3 is 1. The van der Waals surface area contributed by atoms with Gasteiger partial charge in [-0.2, -0.15) is 9.78 Å². The van der Waals surface area contributed by atoms with Gasteiger partial charge >= 0.3 is 0 Å². The highest BCUT2D eigenvalue weighted by molar-refractivity contribution is 5.75. The summed E-state index contributed by atoms with van der Waals surface area (Å²) in [6.07, 6.45) is 0. The van der Waals surface area contributed by atoms with Crippen molar-refractivity contribution in [2.45, 2.75) is 6.04 Å². The normalized spacial score (nSPS) is 14.7. The van der Waals surface area contributed by atoms with Crippen LogP contribution in [0.4, 0.5) is 11.6 Å². The monoisotopic (exact) mass is 373 g/mol. The van der Waals surface area contributed by atoms with Crippen molar-refractivity contribution in [1.29, 1.82) is 0 Å². The van der Waals surface area contributed by atoms with Gasteiger partial charge in [-0.15, -0.1) is 0 Å². The average molecular weight is 373 g/mol. The predicted octanol–water partition coefficient (Wildman–Crippen LogP) is 2.13. The van der Waals surface area contributed by atoms with Gasteiger partial charge < -0.3 is 10.1 Å². The third kappa shape index (κ3) is 2.44. The lowest BCUT2D eigenvalue weighted by Crippen LogP contribution is -2.29. The minimum absolute atomic E-state index is 0.331. The fourth-order valence-electron chi connectivity index (χ4n) is 3.45. The zero-order chi connectivity index (χ0) is 19.1. The molecule has 5 rings (SSSR count). The maximum absolute atomic E-state index is 12.6. The number of benzene rings is 2. The Bertz CT molecular complexity index is 1200. The maximum Gasteiger partial charge on any atom is 0.288 e. The molecule has 0 bridgehead atoms. The smallest absolute Gasteiger partial charge is 0.288 e. The molecule has 0 spiro atoms. The summed E-state index contributed by atoms with van der Waals surface area (Å²) in [6, 6.07) is 16.8. The first-order valence-electron chi connectivity index (χ1n) is 8.63. The number of hydrogen-bond acceptors (Lipinski definition) is 7. The van der Waals surface area contributed by atoms with Crippen molar-refractivity contribution >= 4 is 11.6 Å². The Kier molecular flexibility index (Phi) is 3.64. The SMILES string of the molecule is COc1ccc([C@H]2c3c(-c4ccccc4)n[nH]c(=O)c3Nc3nnnn32)cc1. The van der Waals surface area contributed by atoms with Crippen LogP contribution in [0.1, 0.15) is 17.2 Å². The number of nitrogens with zero attached hydrogens (tertiary/aromatic N) is 5. The molecule has 0 saturated carbocycles. The van der Waals surface area contributed by atoms with Crippen molar-refractivity contribution in [2.75, 3.05) is 12.4 Å². The van der Waals surface area contributed by atoms with Crippen molar-refractivity contribution in [2.24, 2.45) is 0 Å². The maximum atomic E-state index is 12.6. The van der Waals surface area contributed by atoms with Gasteiger partial charge in [0, 0.05) is 11.1 Å². The molecule has 0 amide bonds. The summed E-state index contributed by atoms with van der Waals surface area (Å²) in [6.45, 7) is 0. The van der Waals surface area contributed by atoms with Crippen LogP contribution in [0.25, 0.3) is 11.3 Å². The van der Waals surface area contributed by atoms with Gasteiger partial charge in [0.2, 0.25) is 5.95 Å². The van der Waals surface area contributed by atoms with Crippen molar-refractivity contribution in [3.8, 4) is 17.0 Å². The van der Waals surface area contributed by atoms with Crippen molar-refractivity contribution in [1.82, 2.24) is 30.4 Å². The largest absolute Gasteiger partial charge is 0.497 e. The Morgan fingerprint density at radius 3 is 2.61 bits per heavy atom. The lowest BCUT2D eigenvalue weighted by atomic mass is 9.92. The van der Waals surface area contributed by atoms with E-state index >= 15 is 0 Å². The molecule has 0 radical (unpaired) electrons. The quantitative estimate of drug-likeness (QED) is 0.498. The van der Waals surface area contributed by atoms with Crippen LogP contribution in [0.15, 0.2) is 59.4 Å². The van der Waals surface area contributed by atoms with Crippen LogP contribution in [-0.4, -0.2) is 37.5 Å². The first-order chi connectivity index (χ1) is 13.8. The van der Waals surface area contributed by atoms with Gasteiger partial charge in [-0.05, 0) is 28.1 Å². The molecule has 138 valence electrons. The average Bonchev–Trinajstić information content (AvgIpc) is 3.22. The summed E-state index contributed by atoms with van der Waals surface area (Å²) < 4.78 is 6.92. The first-order valence-corrected chi connectivity index (χ1v) is 8.63. The lowest BCUT2D eigenvalue weighted by Gasteiger charge is -2.27. The molecule has 0 aliphatic carbocycles. The van der Waals surface area contributed by atoms with E-state index in [1.165, 1.54) is 0 Å². The van der Waals surface area contributed by atoms with Crippen LogP contribution in [0.5, 0.6) is 5.75 Å². The fourth-order valence-corrected chi connectivity index (χ4v) is 3.45. The Labute approximate surface area is 159 Å². The molecule has 1 aliphatic heterocycles. The van der Waals surface area contributed by atoms with Crippen LogP contribution >= 0.6 is 0 Å². The molecular weight excluding hydrogens is 358 g/mol. The van der Waals surface area contributed by atoms with Crippen LogP contribution in [0, 0.1) is 0 Å². The molecule has 4 aromatic rings. The van der Waals surface area contributed by atoms with Gasteiger partial charge in [0.25, 0.3) is 5.56 Å². The van der Waals surface area contributed by atoms with Crippen LogP contribution in [0.2, 0.25) is 0 Å². The van der Waals surface area contributed by atoms with E-state index < -0.39 is 6.04 Å². The lowest BCUT2D eigenvalue weighted by molar-refractivity contribution is 0.414. The highest BCUT2D eigenvalue weighted by Gasteiger charge is 2.34. The molecule has 1 atom stereocenters. The highest BCUT2D eigenvalue weighted by Crippen LogP contribution is 2.41. The zero-order valence-electron chi connectivity index (χ0n) is 14.8. The van der Waals surface area contributed by atoms with E-state index in [2.05, 4.69) is 31.0 Å². The topological polar surface area (TPSA) is 111 Å². The van der Waals surface area contributed by atoms with E-state index in [-0.39, 0.29) is 5.56 Å². The summed E-state index contributed by atoms with van der Waals surface area (Å²) >= 11 is 0. The van der Waals surface area contributed by atoms with E-state index in [0.717, 1.165) is 16.9 Å². The number of ether oxygens (including phenoxy) is 1. The third-order valence-electron chi connectivity index (χ3n) is 4.75. The Hall–Kier alpha value is -4.01. The van der Waals surface area contributed by atoms with Gasteiger partial charge in [0.15, 0.2) is 0 Å². The van der Waals surface area contributed by atoms with E-state index in [4.69, 9.17) is 4.74 Å². The molecule has 0 fully saturated rings. The number of nitrogens with one attached hydrogen (secondary N) is 2. The van der Waals surface area contributed by atoms with Gasteiger partial charge in [-0.1, -0.05) is 47.6 Å². The second kappa shape index (κ2) is 6.31. The Morgan fingerprint density at radius 1 is 1.07 bits per heavy atom. The summed E-state index contributed by atoms with van der Waals surface area (Å²) in [7, 11) is 1.62. The molecule has 2 aromatic heterocycles. The van der Waals surface area contributed by atoms with Crippen molar-refractivity contribution in [3.63, 3.8) is 0 Å². The van der Waals surface area contributed by atoms with Crippen LogP contribution < -0.4 is 15.6 Å². The second-order valence-electron chi connectivity index (χ2n) is 6.30. The molecule has 2 aromatic carbocycles. The number of aromatic nitrogens is 6. The van der Waals surface area contributed by atoms with E-state index in [0.29, 0.717) is 22.9 Å². The predicted molar refractivity (Wildman–Crippen MR) is 102 cm³/mol. The Morgan fingerprint density at radius 2 is 1.86 bits per heavy atom. The van der Waals surface area contributed by atoms with Gasteiger partial charge in [-0.25, -0.2) is 5.10 Å². The molecule has 1 aliphatic rings. The van der Waals surface area contributed by atoms with Crippen LogP contribution in [-0.2, 0) is 0 Å². The first kappa shape index (κ1) is 16.2. The van der Waals surface area contributed by atoms with Crippen molar-refractivity contribution in [3.05, 3.63) is 76.1 Å². The Balaban J connectivity index is 1.79. The zero-order valence-corrected chi connectivity index (χ0v) is 14.8. The van der Waals surface area contributed by atoms with Crippen molar-refractivity contribution < 1.29 is 4.74 Å².